The van der Waals surface area contributed by atoms with Crippen molar-refractivity contribution in [3.8, 4) is 0 Å². The number of anilines is 1. The van der Waals surface area contributed by atoms with Gasteiger partial charge in [0.15, 0.2) is 0 Å². The first-order valence-electron chi connectivity index (χ1n) is 7.00. The largest absolute Gasteiger partial charge is 0.370 e. The molecule has 0 atom stereocenters. The molecule has 1 aliphatic rings. The van der Waals surface area contributed by atoms with E-state index in [-0.39, 0.29) is 0 Å². The van der Waals surface area contributed by atoms with Crippen molar-refractivity contribution in [1.82, 2.24) is 14.5 Å². The van der Waals surface area contributed by atoms with E-state index >= 15 is 0 Å². The molecule has 0 aromatic carbocycles. The Morgan fingerprint density at radius 2 is 2.15 bits per heavy atom. The first kappa shape index (κ1) is 13.6. The van der Waals surface area contributed by atoms with Gasteiger partial charge in [0.2, 0.25) is 0 Å². The highest BCUT2D eigenvalue weighted by molar-refractivity contribution is 9.10. The zero-order valence-electron chi connectivity index (χ0n) is 11.8. The third-order valence-corrected chi connectivity index (χ3v) is 4.38. The molecular weight excluding hydrogens is 316 g/mol. The lowest BCUT2D eigenvalue weighted by Gasteiger charge is -2.41. The van der Waals surface area contributed by atoms with Gasteiger partial charge in [-0.2, -0.15) is 0 Å². The van der Waals surface area contributed by atoms with Crippen LogP contribution >= 0.6 is 15.9 Å². The topological polar surface area (TPSA) is 34.0 Å². The first-order chi connectivity index (χ1) is 9.65. The van der Waals surface area contributed by atoms with Crippen molar-refractivity contribution in [2.45, 2.75) is 26.3 Å². The zero-order valence-corrected chi connectivity index (χ0v) is 13.4. The summed E-state index contributed by atoms with van der Waals surface area (Å²) >= 11 is 3.56. The molecule has 2 aromatic rings. The second kappa shape index (κ2) is 5.56. The molecule has 0 saturated carbocycles. The van der Waals surface area contributed by atoms with Gasteiger partial charge >= 0.3 is 0 Å². The minimum absolute atomic E-state index is 0.482. The molecule has 4 nitrogen and oxygen atoms in total. The highest BCUT2D eigenvalue weighted by Gasteiger charge is 2.28. The van der Waals surface area contributed by atoms with Gasteiger partial charge in [-0.3, -0.25) is 4.98 Å². The summed E-state index contributed by atoms with van der Waals surface area (Å²) in [6.07, 6.45) is 7.71. The lowest BCUT2D eigenvalue weighted by molar-refractivity contribution is 0.350. The molecule has 3 rings (SSSR count). The van der Waals surface area contributed by atoms with Crippen LogP contribution in [-0.4, -0.2) is 27.6 Å². The average Bonchev–Trinajstić information content (AvgIpc) is 2.83. The van der Waals surface area contributed by atoms with Crippen LogP contribution in [0, 0.1) is 5.92 Å². The molecule has 0 N–H and O–H groups in total. The van der Waals surface area contributed by atoms with Gasteiger partial charge in [-0.1, -0.05) is 13.8 Å². The Kier molecular flexibility index (Phi) is 3.78. The molecule has 0 aliphatic carbocycles. The quantitative estimate of drug-likeness (QED) is 0.860. The molecule has 1 fully saturated rings. The fourth-order valence-corrected chi connectivity index (χ4v) is 3.26. The number of aromatic nitrogens is 3. The third-order valence-electron chi connectivity index (χ3n) is 3.77. The number of rotatable bonds is 4. The van der Waals surface area contributed by atoms with E-state index in [1.165, 1.54) is 11.5 Å². The lowest BCUT2D eigenvalue weighted by Crippen LogP contribution is -2.48. The normalized spacial score (nSPS) is 15.7. The molecule has 0 amide bonds. The van der Waals surface area contributed by atoms with Crippen molar-refractivity contribution < 1.29 is 0 Å². The number of imidazole rings is 1. The summed E-state index contributed by atoms with van der Waals surface area (Å²) in [5, 5.41) is 0. The number of hydrogen-bond donors (Lipinski definition) is 0. The Labute approximate surface area is 128 Å². The van der Waals surface area contributed by atoms with E-state index < -0.39 is 0 Å². The van der Waals surface area contributed by atoms with E-state index in [0.29, 0.717) is 11.8 Å². The maximum Gasteiger partial charge on any atom is 0.111 e. The Morgan fingerprint density at radius 1 is 1.35 bits per heavy atom. The molecule has 5 heteroatoms. The maximum absolute atomic E-state index is 4.45. The number of halogens is 1. The molecular formula is C15H19BrN4. The maximum atomic E-state index is 4.45. The minimum Gasteiger partial charge on any atom is -0.370 e. The van der Waals surface area contributed by atoms with Gasteiger partial charge in [0.1, 0.15) is 5.82 Å². The monoisotopic (exact) mass is 334 g/mol. The van der Waals surface area contributed by atoms with E-state index in [1.807, 2.05) is 18.6 Å². The zero-order chi connectivity index (χ0) is 14.1. The second-order valence-electron chi connectivity index (χ2n) is 5.69. The van der Waals surface area contributed by atoms with Gasteiger partial charge < -0.3 is 9.47 Å². The van der Waals surface area contributed by atoms with Crippen LogP contribution in [0.25, 0.3) is 0 Å². The number of nitrogens with zero attached hydrogens (tertiary/aromatic N) is 4. The van der Waals surface area contributed by atoms with Crippen molar-refractivity contribution in [2.75, 3.05) is 18.0 Å². The van der Waals surface area contributed by atoms with Crippen LogP contribution in [0.4, 0.5) is 5.69 Å². The van der Waals surface area contributed by atoms with Crippen LogP contribution in [0.15, 0.2) is 35.3 Å². The fourth-order valence-electron chi connectivity index (χ4n) is 2.76. The van der Waals surface area contributed by atoms with Crippen molar-refractivity contribution in [2.24, 2.45) is 5.92 Å². The van der Waals surface area contributed by atoms with E-state index in [4.69, 9.17) is 0 Å². The average molecular weight is 335 g/mol. The molecule has 2 aromatic heterocycles. The predicted octanol–water partition coefficient (Wildman–Crippen LogP) is 3.30. The minimum atomic E-state index is 0.482. The Balaban J connectivity index is 1.61. The molecule has 1 aliphatic heterocycles. The van der Waals surface area contributed by atoms with Crippen LogP contribution in [0.2, 0.25) is 0 Å². The molecule has 1 saturated heterocycles. The van der Waals surface area contributed by atoms with Crippen LogP contribution in [0.3, 0.4) is 0 Å². The number of hydrogen-bond acceptors (Lipinski definition) is 3. The third kappa shape index (κ3) is 2.59. The summed E-state index contributed by atoms with van der Waals surface area (Å²) in [6.45, 7) is 7.64. The summed E-state index contributed by atoms with van der Waals surface area (Å²) in [4.78, 5) is 11.0. The smallest absolute Gasteiger partial charge is 0.111 e. The molecule has 0 radical (unpaired) electrons. The van der Waals surface area contributed by atoms with Gasteiger partial charge in [-0.15, -0.1) is 0 Å². The molecule has 3 heterocycles. The van der Waals surface area contributed by atoms with Crippen molar-refractivity contribution in [3.05, 3.63) is 41.2 Å². The standard InChI is InChI=1S/C15H19BrN4/c1-11(2)15-18-5-6-19(15)8-12-9-20(10-12)14-3-4-17-7-13(14)16/h3-7,11-12H,8-10H2,1-2H3. The molecule has 0 spiro atoms. The second-order valence-corrected chi connectivity index (χ2v) is 6.54. The van der Waals surface area contributed by atoms with E-state index in [1.54, 1.807) is 0 Å². The summed E-state index contributed by atoms with van der Waals surface area (Å²) < 4.78 is 3.37. The van der Waals surface area contributed by atoms with Gasteiger partial charge in [0.05, 0.1) is 10.2 Å². The van der Waals surface area contributed by atoms with Crippen LogP contribution in [0.5, 0.6) is 0 Å². The fraction of sp³-hybridized carbons (Fsp3) is 0.467. The Bertz CT molecular complexity index is 587. The van der Waals surface area contributed by atoms with E-state index in [0.717, 1.165) is 24.1 Å². The van der Waals surface area contributed by atoms with Crippen LogP contribution in [0.1, 0.15) is 25.6 Å². The lowest BCUT2D eigenvalue weighted by atomic mass is 9.99. The number of pyridine rings is 1. The summed E-state index contributed by atoms with van der Waals surface area (Å²) in [6, 6.07) is 2.07. The highest BCUT2D eigenvalue weighted by Crippen LogP contribution is 2.31. The van der Waals surface area contributed by atoms with Gasteiger partial charge in [0, 0.05) is 56.3 Å². The Morgan fingerprint density at radius 3 is 2.85 bits per heavy atom. The summed E-state index contributed by atoms with van der Waals surface area (Å²) in [5.74, 6) is 2.37. The van der Waals surface area contributed by atoms with Gasteiger partial charge in [-0.05, 0) is 22.0 Å². The van der Waals surface area contributed by atoms with E-state index in [9.17, 15) is 0 Å². The highest BCUT2D eigenvalue weighted by atomic mass is 79.9. The van der Waals surface area contributed by atoms with Crippen molar-refractivity contribution in [1.29, 1.82) is 0 Å². The Hall–Kier alpha value is -1.36. The molecule has 106 valence electrons. The summed E-state index contributed by atoms with van der Waals surface area (Å²) in [7, 11) is 0. The molecule has 20 heavy (non-hydrogen) atoms. The predicted molar refractivity (Wildman–Crippen MR) is 84.0 cm³/mol. The first-order valence-corrected chi connectivity index (χ1v) is 7.80. The van der Waals surface area contributed by atoms with Crippen LogP contribution in [-0.2, 0) is 6.54 Å². The SMILES string of the molecule is CC(C)c1nccn1CC1CN(c2ccncc2Br)C1. The van der Waals surface area contributed by atoms with Gasteiger partial charge in [0.25, 0.3) is 0 Å². The van der Waals surface area contributed by atoms with Crippen LogP contribution < -0.4 is 4.90 Å². The van der Waals surface area contributed by atoms with Crippen molar-refractivity contribution in [3.63, 3.8) is 0 Å². The molecule has 0 unspecified atom stereocenters. The van der Waals surface area contributed by atoms with Crippen molar-refractivity contribution >= 4 is 21.6 Å². The van der Waals surface area contributed by atoms with Gasteiger partial charge in [-0.25, -0.2) is 4.98 Å². The summed E-state index contributed by atoms with van der Waals surface area (Å²) in [5.41, 5.74) is 1.24. The van der Waals surface area contributed by atoms with E-state index in [2.05, 4.69) is 61.5 Å². The molecule has 0 bridgehead atoms.